The van der Waals surface area contributed by atoms with Gasteiger partial charge in [0.25, 0.3) is 0 Å². The Morgan fingerprint density at radius 1 is 0.727 bits per heavy atom. The molecule has 0 fully saturated rings. The molecule has 130 valence electrons. The Kier molecular flexibility index (Phi) is 3.98. The molecule has 1 atom stereocenters. The highest BCUT2D eigenvalue weighted by Gasteiger charge is 2.79. The minimum atomic E-state index is -6.95. The quantitative estimate of drug-likeness (QED) is 0.529. The zero-order valence-electron chi connectivity index (χ0n) is 9.35. The maximum atomic E-state index is 13.3. The number of halogens is 12. The fourth-order valence-electron chi connectivity index (χ4n) is 1.03. The molecule has 1 aliphatic rings. The molecule has 1 N–H and O–H groups in total. The van der Waals surface area contributed by atoms with Crippen LogP contribution in [0.2, 0.25) is 0 Å². The molecule has 1 rings (SSSR count). The lowest BCUT2D eigenvalue weighted by atomic mass is 10.2. The third kappa shape index (κ3) is 2.72. The lowest BCUT2D eigenvalue weighted by Crippen LogP contribution is -2.69. The summed E-state index contributed by atoms with van der Waals surface area (Å²) in [5.74, 6) is -6.66. The van der Waals surface area contributed by atoms with E-state index < -0.39 is 47.6 Å². The Morgan fingerprint density at radius 2 is 1.14 bits per heavy atom. The number of alkyl halides is 10. The Labute approximate surface area is 111 Å². The minimum Gasteiger partial charge on any atom is -0.415 e. The summed E-state index contributed by atoms with van der Waals surface area (Å²) in [6.45, 7) is 0. The Bertz CT molecular complexity index is 484. The van der Waals surface area contributed by atoms with E-state index in [1.165, 1.54) is 0 Å². The van der Waals surface area contributed by atoms with Crippen LogP contribution in [0, 0.1) is 0 Å². The van der Waals surface area contributed by atoms with Crippen LogP contribution in [-0.2, 0) is 9.47 Å². The molecule has 0 bridgehead atoms. The van der Waals surface area contributed by atoms with Gasteiger partial charge in [-0.25, -0.2) is 0 Å². The molecular formula is C7HF12NO2. The molecule has 1 heterocycles. The average Bonchev–Trinajstić information content (AvgIpc) is 2.24. The largest absolute Gasteiger partial charge is 0.482 e. The molecule has 0 radical (unpaired) electrons. The van der Waals surface area contributed by atoms with Gasteiger partial charge in [0, 0.05) is 0 Å². The molecule has 0 spiro atoms. The maximum Gasteiger partial charge on any atom is 0.482 e. The summed E-state index contributed by atoms with van der Waals surface area (Å²) in [6.07, 6.45) is -13.3. The molecule has 15 heteroatoms. The highest BCUT2D eigenvalue weighted by Crippen LogP contribution is 2.50. The molecule has 22 heavy (non-hydrogen) atoms. The van der Waals surface area contributed by atoms with E-state index in [0.717, 1.165) is 0 Å². The van der Waals surface area contributed by atoms with Crippen molar-refractivity contribution in [1.82, 2.24) is 5.32 Å². The van der Waals surface area contributed by atoms with Crippen LogP contribution in [-0.4, -0.2) is 30.2 Å². The molecule has 0 aromatic rings. The third-order valence-corrected chi connectivity index (χ3v) is 2.05. The summed E-state index contributed by atoms with van der Waals surface area (Å²) >= 11 is 0. The van der Waals surface area contributed by atoms with E-state index in [2.05, 4.69) is 9.47 Å². The second-order valence-electron chi connectivity index (χ2n) is 3.64. The van der Waals surface area contributed by atoms with E-state index in [-0.39, 0.29) is 0 Å². The van der Waals surface area contributed by atoms with Gasteiger partial charge in [-0.3, -0.25) is 0 Å². The average molecular weight is 359 g/mol. The molecule has 1 aliphatic heterocycles. The van der Waals surface area contributed by atoms with Crippen molar-refractivity contribution in [2.75, 3.05) is 0 Å². The van der Waals surface area contributed by atoms with Crippen molar-refractivity contribution in [2.24, 2.45) is 0 Å². The lowest BCUT2D eigenvalue weighted by molar-refractivity contribution is -0.421. The van der Waals surface area contributed by atoms with Gasteiger partial charge in [-0.15, -0.1) is 0 Å². The van der Waals surface area contributed by atoms with Gasteiger partial charge in [0.15, 0.2) is 0 Å². The first-order valence-electron chi connectivity index (χ1n) is 4.58. The molecule has 0 amide bonds. The number of hydrogen-bond donors (Lipinski definition) is 1. The van der Waals surface area contributed by atoms with Crippen molar-refractivity contribution in [3.8, 4) is 0 Å². The third-order valence-electron chi connectivity index (χ3n) is 2.05. The summed E-state index contributed by atoms with van der Waals surface area (Å²) in [6, 6.07) is -20.4. The monoisotopic (exact) mass is 359 g/mol. The summed E-state index contributed by atoms with van der Waals surface area (Å²) in [5.41, 5.74) is 0. The normalized spacial score (nSPS) is 34.7. The zero-order valence-corrected chi connectivity index (χ0v) is 9.35. The first kappa shape index (κ1) is 18.5. The maximum absolute atomic E-state index is 13.3. The van der Waals surface area contributed by atoms with Crippen LogP contribution in [0.5, 0.6) is 0 Å². The highest BCUT2D eigenvalue weighted by molar-refractivity contribution is 5.00. The van der Waals surface area contributed by atoms with E-state index in [9.17, 15) is 52.7 Å². The van der Waals surface area contributed by atoms with E-state index in [1.807, 2.05) is 0 Å². The first-order chi connectivity index (χ1) is 9.47. The molecule has 0 saturated carbocycles. The van der Waals surface area contributed by atoms with Crippen molar-refractivity contribution < 1.29 is 62.2 Å². The fraction of sp³-hybridized carbons (Fsp3) is 0.714. The molecule has 0 aliphatic carbocycles. The number of rotatable bonds is 0. The Balaban J connectivity index is 3.59. The smallest absolute Gasteiger partial charge is 0.415 e. The standard InChI is InChI=1S/C7HF12NO2/c8-1-2(9)22-7(18,19)6(16,17)20-5(14,15)3(10,21-1)4(11,12)13/h20H/b2-1-. The molecule has 0 aromatic heterocycles. The van der Waals surface area contributed by atoms with Gasteiger partial charge in [-0.2, -0.15) is 58.0 Å². The van der Waals surface area contributed by atoms with Crippen molar-refractivity contribution in [2.45, 2.75) is 30.2 Å². The van der Waals surface area contributed by atoms with Gasteiger partial charge in [0.1, 0.15) is 0 Å². The van der Waals surface area contributed by atoms with Crippen LogP contribution in [0.25, 0.3) is 0 Å². The van der Waals surface area contributed by atoms with Crippen LogP contribution in [0.3, 0.4) is 0 Å². The topological polar surface area (TPSA) is 30.5 Å². The van der Waals surface area contributed by atoms with E-state index >= 15 is 0 Å². The fourth-order valence-corrected chi connectivity index (χ4v) is 1.03. The van der Waals surface area contributed by atoms with Gasteiger partial charge in [-0.1, -0.05) is 0 Å². The lowest BCUT2D eigenvalue weighted by Gasteiger charge is -2.35. The molecule has 0 aromatic carbocycles. The van der Waals surface area contributed by atoms with Crippen molar-refractivity contribution in [1.29, 1.82) is 0 Å². The Morgan fingerprint density at radius 3 is 1.55 bits per heavy atom. The summed E-state index contributed by atoms with van der Waals surface area (Å²) in [7, 11) is 0. The summed E-state index contributed by atoms with van der Waals surface area (Å²) < 4.78 is 156. The van der Waals surface area contributed by atoms with E-state index in [4.69, 9.17) is 0 Å². The zero-order chi connectivity index (χ0) is 17.8. The van der Waals surface area contributed by atoms with E-state index in [1.54, 1.807) is 0 Å². The van der Waals surface area contributed by atoms with Crippen LogP contribution < -0.4 is 5.32 Å². The van der Waals surface area contributed by atoms with Gasteiger partial charge >= 0.3 is 42.3 Å². The van der Waals surface area contributed by atoms with Crippen LogP contribution >= 0.6 is 0 Å². The van der Waals surface area contributed by atoms with Crippen molar-refractivity contribution in [3.63, 3.8) is 0 Å². The van der Waals surface area contributed by atoms with Gasteiger partial charge < -0.3 is 9.47 Å². The number of hydrogen-bond acceptors (Lipinski definition) is 3. The molecule has 1 unspecified atom stereocenters. The van der Waals surface area contributed by atoms with Crippen LogP contribution in [0.1, 0.15) is 0 Å². The number of nitrogens with one attached hydrogen (secondary N) is 1. The van der Waals surface area contributed by atoms with Gasteiger partial charge in [-0.05, 0) is 0 Å². The van der Waals surface area contributed by atoms with Gasteiger partial charge in [0.2, 0.25) is 0 Å². The SMILES string of the molecule is F/C1=C(\F)OC(F)(C(F)(F)F)C(F)(F)NC(F)(F)C(F)(F)O1. The second-order valence-corrected chi connectivity index (χ2v) is 3.64. The Hall–Kier alpha value is -1.54. The molecular weight excluding hydrogens is 358 g/mol. The van der Waals surface area contributed by atoms with Gasteiger partial charge in [0.05, 0.1) is 0 Å². The van der Waals surface area contributed by atoms with Crippen molar-refractivity contribution >= 4 is 0 Å². The first-order valence-corrected chi connectivity index (χ1v) is 4.58. The minimum absolute atomic E-state index is 1.02. The number of ether oxygens (including phenoxy) is 2. The summed E-state index contributed by atoms with van der Waals surface area (Å²) in [5, 5.41) is -1.02. The highest BCUT2D eigenvalue weighted by atomic mass is 19.4. The van der Waals surface area contributed by atoms with Crippen molar-refractivity contribution in [3.05, 3.63) is 12.0 Å². The molecule has 0 saturated heterocycles. The van der Waals surface area contributed by atoms with Crippen LogP contribution in [0.15, 0.2) is 12.0 Å². The van der Waals surface area contributed by atoms with E-state index in [0.29, 0.717) is 0 Å². The summed E-state index contributed by atoms with van der Waals surface area (Å²) in [4.78, 5) is 0. The van der Waals surface area contributed by atoms with Crippen LogP contribution in [0.4, 0.5) is 52.7 Å². The molecule has 3 nitrogen and oxygen atoms in total. The predicted molar refractivity (Wildman–Crippen MR) is 39.3 cm³/mol. The predicted octanol–water partition coefficient (Wildman–Crippen LogP) is 3.69. The second kappa shape index (κ2) is 4.73.